The number of rotatable bonds is 5. The van der Waals surface area contributed by atoms with Gasteiger partial charge in [0.1, 0.15) is 0 Å². The van der Waals surface area contributed by atoms with Crippen molar-refractivity contribution < 1.29 is 10.2 Å². The molecule has 0 unspecified atom stereocenters. The summed E-state index contributed by atoms with van der Waals surface area (Å²) in [6, 6.07) is 0. The van der Waals surface area contributed by atoms with Crippen molar-refractivity contribution in [2.75, 3.05) is 0 Å². The molecule has 2 N–H and O–H groups in total. The normalized spacial score (nSPS) is 46.1. The summed E-state index contributed by atoms with van der Waals surface area (Å²) in [7, 11) is 0. The standard InChI is InChI=1S/C27H44O2/c1-17(2)25(29)11-6-18(3)22-9-10-23-21-8-7-19-16-20(28)12-14-26(19,4)24(21)13-15-27(22,23)5/h7,18,20-25,28-29H,1,6,8-16H2,2-5H3/t18-,20-,21+,22+,23+,24+,25+,26-,27+/m0/s1. The van der Waals surface area contributed by atoms with Crippen molar-refractivity contribution in [3.8, 4) is 0 Å². The van der Waals surface area contributed by atoms with E-state index < -0.39 is 0 Å². The fourth-order valence-electron chi connectivity index (χ4n) is 8.49. The summed E-state index contributed by atoms with van der Waals surface area (Å²) in [6.45, 7) is 13.5. The van der Waals surface area contributed by atoms with Gasteiger partial charge in [0, 0.05) is 0 Å². The maximum absolute atomic E-state index is 10.2. The molecular formula is C27H44O2. The second kappa shape index (κ2) is 7.83. The zero-order valence-corrected chi connectivity index (χ0v) is 19.3. The monoisotopic (exact) mass is 400 g/mol. The maximum atomic E-state index is 10.2. The highest BCUT2D eigenvalue weighted by Crippen LogP contribution is 2.67. The van der Waals surface area contributed by atoms with Crippen molar-refractivity contribution in [2.24, 2.45) is 40.4 Å². The SMILES string of the molecule is C=C(C)[C@H](O)CC[C@H](C)[C@H]1CC[C@@H]2[C@H]3CC=C4C[C@@H](O)CC[C@]4(C)[C@@H]3CC[C@@]21C. The van der Waals surface area contributed by atoms with Crippen LogP contribution in [-0.2, 0) is 0 Å². The van der Waals surface area contributed by atoms with Gasteiger partial charge in [-0.1, -0.05) is 44.6 Å². The maximum Gasteiger partial charge on any atom is 0.0744 e. The van der Waals surface area contributed by atoms with Crippen LogP contribution in [0.4, 0.5) is 0 Å². The Labute approximate surface area is 178 Å². The molecule has 0 aliphatic heterocycles. The van der Waals surface area contributed by atoms with Crippen LogP contribution in [-0.4, -0.2) is 22.4 Å². The van der Waals surface area contributed by atoms with Crippen molar-refractivity contribution in [1.82, 2.24) is 0 Å². The van der Waals surface area contributed by atoms with Gasteiger partial charge in [0.15, 0.2) is 0 Å². The minimum absolute atomic E-state index is 0.106. The molecule has 3 saturated carbocycles. The van der Waals surface area contributed by atoms with E-state index in [1.807, 2.05) is 6.92 Å². The van der Waals surface area contributed by atoms with Crippen LogP contribution in [0.1, 0.15) is 91.9 Å². The summed E-state index contributed by atoms with van der Waals surface area (Å²) in [6.07, 6.45) is 14.0. The predicted molar refractivity (Wildman–Crippen MR) is 120 cm³/mol. The molecule has 4 aliphatic rings. The fourth-order valence-corrected chi connectivity index (χ4v) is 8.49. The van der Waals surface area contributed by atoms with Gasteiger partial charge in [0.05, 0.1) is 12.2 Å². The summed E-state index contributed by atoms with van der Waals surface area (Å²) in [5, 5.41) is 20.4. The third-order valence-electron chi connectivity index (χ3n) is 10.3. The molecule has 0 aromatic rings. The molecule has 0 amide bonds. The van der Waals surface area contributed by atoms with E-state index in [9.17, 15) is 10.2 Å². The van der Waals surface area contributed by atoms with Crippen molar-refractivity contribution >= 4 is 0 Å². The van der Waals surface area contributed by atoms with Crippen molar-refractivity contribution in [1.29, 1.82) is 0 Å². The molecule has 0 heterocycles. The van der Waals surface area contributed by atoms with Gasteiger partial charge in [0.25, 0.3) is 0 Å². The Kier molecular flexibility index (Phi) is 5.84. The van der Waals surface area contributed by atoms with E-state index in [4.69, 9.17) is 0 Å². The molecule has 0 saturated heterocycles. The molecule has 2 heteroatoms. The first kappa shape index (κ1) is 21.6. The molecular weight excluding hydrogens is 356 g/mol. The fraction of sp³-hybridized carbons (Fsp3) is 0.852. The molecule has 9 atom stereocenters. The summed E-state index contributed by atoms with van der Waals surface area (Å²) >= 11 is 0. The summed E-state index contributed by atoms with van der Waals surface area (Å²) in [5.41, 5.74) is 3.31. The Morgan fingerprint density at radius 1 is 1.14 bits per heavy atom. The zero-order valence-electron chi connectivity index (χ0n) is 19.3. The van der Waals surface area contributed by atoms with Gasteiger partial charge >= 0.3 is 0 Å². The Morgan fingerprint density at radius 2 is 1.90 bits per heavy atom. The highest BCUT2D eigenvalue weighted by atomic mass is 16.3. The van der Waals surface area contributed by atoms with Gasteiger partial charge in [-0.25, -0.2) is 0 Å². The summed E-state index contributed by atoms with van der Waals surface area (Å²) in [5.74, 6) is 4.02. The van der Waals surface area contributed by atoms with Crippen molar-refractivity contribution in [3.05, 3.63) is 23.8 Å². The summed E-state index contributed by atoms with van der Waals surface area (Å²) < 4.78 is 0. The van der Waals surface area contributed by atoms with E-state index in [0.29, 0.717) is 16.7 Å². The first-order valence-electron chi connectivity index (χ1n) is 12.4. The molecule has 0 bridgehead atoms. The van der Waals surface area contributed by atoms with Crippen LogP contribution in [0.15, 0.2) is 23.8 Å². The minimum Gasteiger partial charge on any atom is -0.393 e. The first-order chi connectivity index (χ1) is 13.7. The predicted octanol–water partition coefficient (Wildman–Crippen LogP) is 6.28. The zero-order chi connectivity index (χ0) is 21.0. The average molecular weight is 401 g/mol. The Hall–Kier alpha value is -0.600. The van der Waals surface area contributed by atoms with Crippen LogP contribution in [0.5, 0.6) is 0 Å². The highest BCUT2D eigenvalue weighted by Gasteiger charge is 2.59. The Bertz CT molecular complexity index is 665. The van der Waals surface area contributed by atoms with Crippen molar-refractivity contribution in [3.63, 3.8) is 0 Å². The van der Waals surface area contributed by atoms with Crippen LogP contribution in [0, 0.1) is 40.4 Å². The third kappa shape index (κ3) is 3.57. The van der Waals surface area contributed by atoms with E-state index in [0.717, 1.165) is 54.9 Å². The molecule has 0 aromatic carbocycles. The van der Waals surface area contributed by atoms with Crippen LogP contribution < -0.4 is 0 Å². The van der Waals surface area contributed by atoms with Crippen LogP contribution in [0.3, 0.4) is 0 Å². The highest BCUT2D eigenvalue weighted by molar-refractivity contribution is 5.25. The van der Waals surface area contributed by atoms with E-state index >= 15 is 0 Å². The van der Waals surface area contributed by atoms with Gasteiger partial charge in [-0.15, -0.1) is 0 Å². The van der Waals surface area contributed by atoms with Gasteiger partial charge < -0.3 is 10.2 Å². The van der Waals surface area contributed by atoms with Gasteiger partial charge in [0.2, 0.25) is 0 Å². The van der Waals surface area contributed by atoms with E-state index in [2.05, 4.69) is 33.4 Å². The lowest BCUT2D eigenvalue weighted by atomic mass is 9.47. The number of aliphatic hydroxyl groups is 2. The number of hydrogen-bond donors (Lipinski definition) is 2. The third-order valence-corrected chi connectivity index (χ3v) is 10.3. The number of aliphatic hydroxyl groups excluding tert-OH is 2. The van der Waals surface area contributed by atoms with Gasteiger partial charge in [-0.2, -0.15) is 0 Å². The molecule has 4 rings (SSSR count). The smallest absolute Gasteiger partial charge is 0.0744 e. The molecule has 4 aliphatic carbocycles. The van der Waals surface area contributed by atoms with Gasteiger partial charge in [-0.05, 0) is 112 Å². The second-order valence-electron chi connectivity index (χ2n) is 11.8. The molecule has 0 radical (unpaired) electrons. The van der Waals surface area contributed by atoms with Crippen LogP contribution in [0.25, 0.3) is 0 Å². The van der Waals surface area contributed by atoms with Gasteiger partial charge in [-0.3, -0.25) is 0 Å². The van der Waals surface area contributed by atoms with Crippen LogP contribution in [0.2, 0.25) is 0 Å². The lowest BCUT2D eigenvalue weighted by molar-refractivity contribution is -0.0576. The molecule has 164 valence electrons. The number of fused-ring (bicyclic) bond motifs is 5. The largest absolute Gasteiger partial charge is 0.393 e. The van der Waals surface area contributed by atoms with Crippen molar-refractivity contribution in [2.45, 2.75) is 104 Å². The molecule has 2 nitrogen and oxygen atoms in total. The van der Waals surface area contributed by atoms with E-state index in [-0.39, 0.29) is 12.2 Å². The molecule has 0 aromatic heterocycles. The minimum atomic E-state index is -0.332. The topological polar surface area (TPSA) is 40.5 Å². The first-order valence-corrected chi connectivity index (χ1v) is 12.4. The average Bonchev–Trinajstić information content (AvgIpc) is 3.03. The van der Waals surface area contributed by atoms with Crippen LogP contribution >= 0.6 is 0 Å². The van der Waals surface area contributed by atoms with E-state index in [1.165, 1.54) is 38.5 Å². The lowest BCUT2D eigenvalue weighted by Crippen LogP contribution is -2.50. The summed E-state index contributed by atoms with van der Waals surface area (Å²) in [4.78, 5) is 0. The number of allylic oxidation sites excluding steroid dienone is 1. The lowest BCUT2D eigenvalue weighted by Gasteiger charge is -2.58. The molecule has 0 spiro atoms. The molecule has 3 fully saturated rings. The number of hydrogen-bond acceptors (Lipinski definition) is 2. The Balaban J connectivity index is 1.49. The quantitative estimate of drug-likeness (QED) is 0.533. The second-order valence-corrected chi connectivity index (χ2v) is 11.8. The Morgan fingerprint density at radius 3 is 2.62 bits per heavy atom. The van der Waals surface area contributed by atoms with E-state index in [1.54, 1.807) is 5.57 Å². The molecule has 29 heavy (non-hydrogen) atoms.